The third-order valence-electron chi connectivity index (χ3n) is 1.23. The molecule has 0 aromatic heterocycles. The van der Waals surface area contributed by atoms with Crippen molar-refractivity contribution < 1.29 is 4.79 Å². The second kappa shape index (κ2) is 2.97. The van der Waals surface area contributed by atoms with Gasteiger partial charge in [0.2, 0.25) is 0 Å². The number of carbonyl (C=O) groups is 1. The fourth-order valence-corrected chi connectivity index (χ4v) is 2.63. The maximum atomic E-state index is 10.5. The Bertz CT molecular complexity index is 120. The summed E-state index contributed by atoms with van der Waals surface area (Å²) in [4.78, 5) is 10.5. The fraction of sp³-hybridized carbons (Fsp3) is 0.833. The summed E-state index contributed by atoms with van der Waals surface area (Å²) in [6, 6.07) is 0. The standard InChI is InChI=1S/C6H10OS2/c1-4(6-3-8-6)9-5(2)7/h4,6H,3H2,1-2H3. The number of thioether (sulfide) groups is 2. The van der Waals surface area contributed by atoms with Crippen molar-refractivity contribution >= 4 is 28.6 Å². The van der Waals surface area contributed by atoms with Crippen LogP contribution in [0.4, 0.5) is 0 Å². The first-order chi connectivity index (χ1) is 4.20. The first-order valence-electron chi connectivity index (χ1n) is 2.99. The highest BCUT2D eigenvalue weighted by Crippen LogP contribution is 2.38. The van der Waals surface area contributed by atoms with Gasteiger partial charge in [-0.25, -0.2) is 0 Å². The Hall–Kier alpha value is 0.370. The van der Waals surface area contributed by atoms with Gasteiger partial charge in [0.1, 0.15) is 0 Å². The summed E-state index contributed by atoms with van der Waals surface area (Å²) in [5.41, 5.74) is 0. The van der Waals surface area contributed by atoms with E-state index in [1.807, 2.05) is 11.8 Å². The Balaban J connectivity index is 2.17. The molecule has 3 heteroatoms. The molecule has 52 valence electrons. The van der Waals surface area contributed by atoms with Crippen LogP contribution in [0, 0.1) is 0 Å². The fourth-order valence-electron chi connectivity index (χ4n) is 0.664. The van der Waals surface area contributed by atoms with E-state index in [-0.39, 0.29) is 5.12 Å². The summed E-state index contributed by atoms with van der Waals surface area (Å²) in [6.07, 6.45) is 0. The molecule has 0 amide bonds. The normalized spacial score (nSPS) is 27.6. The van der Waals surface area contributed by atoms with Crippen LogP contribution in [0.3, 0.4) is 0 Å². The minimum absolute atomic E-state index is 0.245. The summed E-state index contributed by atoms with van der Waals surface area (Å²) in [5.74, 6) is 1.25. The average molecular weight is 162 g/mol. The lowest BCUT2D eigenvalue weighted by atomic mass is 10.4. The van der Waals surface area contributed by atoms with Crippen LogP contribution in [-0.2, 0) is 4.79 Å². The van der Waals surface area contributed by atoms with E-state index in [9.17, 15) is 4.79 Å². The SMILES string of the molecule is CC(=O)SC(C)C1CS1. The Morgan fingerprint density at radius 3 is 2.78 bits per heavy atom. The Kier molecular flexibility index (Phi) is 2.47. The second-order valence-electron chi connectivity index (χ2n) is 2.19. The van der Waals surface area contributed by atoms with Crippen LogP contribution >= 0.6 is 23.5 Å². The van der Waals surface area contributed by atoms with E-state index in [1.54, 1.807) is 6.92 Å². The van der Waals surface area contributed by atoms with Gasteiger partial charge in [-0.1, -0.05) is 18.7 Å². The van der Waals surface area contributed by atoms with Gasteiger partial charge < -0.3 is 0 Å². The predicted octanol–water partition coefficient (Wildman–Crippen LogP) is 1.77. The van der Waals surface area contributed by atoms with Crippen LogP contribution in [0.25, 0.3) is 0 Å². The van der Waals surface area contributed by atoms with Gasteiger partial charge in [-0.05, 0) is 0 Å². The highest BCUT2D eigenvalue weighted by Gasteiger charge is 2.29. The topological polar surface area (TPSA) is 17.1 Å². The van der Waals surface area contributed by atoms with Gasteiger partial charge >= 0.3 is 0 Å². The summed E-state index contributed by atoms with van der Waals surface area (Å²) in [7, 11) is 0. The van der Waals surface area contributed by atoms with Crippen molar-refractivity contribution in [1.29, 1.82) is 0 Å². The largest absolute Gasteiger partial charge is 0.288 e. The molecule has 1 rings (SSSR count). The van der Waals surface area contributed by atoms with E-state index < -0.39 is 0 Å². The van der Waals surface area contributed by atoms with E-state index in [4.69, 9.17) is 0 Å². The van der Waals surface area contributed by atoms with E-state index in [2.05, 4.69) is 6.92 Å². The first kappa shape index (κ1) is 7.48. The van der Waals surface area contributed by atoms with Gasteiger partial charge in [-0.15, -0.1) is 0 Å². The number of hydrogen-bond donors (Lipinski definition) is 0. The number of hydrogen-bond acceptors (Lipinski definition) is 3. The zero-order valence-corrected chi connectivity index (χ0v) is 7.22. The second-order valence-corrected chi connectivity index (χ2v) is 5.01. The smallest absolute Gasteiger partial charge is 0.186 e. The molecule has 0 N–H and O–H groups in total. The highest BCUT2D eigenvalue weighted by atomic mass is 32.2. The monoisotopic (exact) mass is 162 g/mol. The number of rotatable bonds is 2. The molecular formula is C6H10OS2. The molecule has 0 aliphatic carbocycles. The van der Waals surface area contributed by atoms with Gasteiger partial charge in [0.25, 0.3) is 0 Å². The van der Waals surface area contributed by atoms with Crippen molar-refractivity contribution in [3.8, 4) is 0 Å². The lowest BCUT2D eigenvalue weighted by Crippen LogP contribution is -2.05. The molecule has 0 spiro atoms. The first-order valence-corrected chi connectivity index (χ1v) is 4.92. The molecule has 1 heterocycles. The zero-order chi connectivity index (χ0) is 6.85. The maximum absolute atomic E-state index is 10.5. The van der Waals surface area contributed by atoms with Crippen LogP contribution in [0.15, 0.2) is 0 Å². The Labute approximate surface area is 64.0 Å². The van der Waals surface area contributed by atoms with E-state index in [0.29, 0.717) is 5.25 Å². The lowest BCUT2D eigenvalue weighted by Gasteiger charge is -2.02. The van der Waals surface area contributed by atoms with Crippen LogP contribution < -0.4 is 0 Å². The molecule has 0 radical (unpaired) electrons. The van der Waals surface area contributed by atoms with E-state index >= 15 is 0 Å². The van der Waals surface area contributed by atoms with Crippen molar-refractivity contribution in [2.24, 2.45) is 0 Å². The van der Waals surface area contributed by atoms with Gasteiger partial charge in [-0.3, -0.25) is 4.79 Å². The quantitative estimate of drug-likeness (QED) is 0.576. The molecular weight excluding hydrogens is 152 g/mol. The van der Waals surface area contributed by atoms with Crippen molar-refractivity contribution in [3.63, 3.8) is 0 Å². The van der Waals surface area contributed by atoms with Crippen LogP contribution in [0.5, 0.6) is 0 Å². The molecule has 2 unspecified atom stereocenters. The summed E-state index contributed by atoms with van der Waals surface area (Å²) >= 11 is 3.41. The van der Waals surface area contributed by atoms with E-state index in [0.717, 1.165) is 5.25 Å². The van der Waals surface area contributed by atoms with Crippen molar-refractivity contribution in [1.82, 2.24) is 0 Å². The van der Waals surface area contributed by atoms with Crippen molar-refractivity contribution in [2.45, 2.75) is 24.3 Å². The van der Waals surface area contributed by atoms with Crippen molar-refractivity contribution in [3.05, 3.63) is 0 Å². The predicted molar refractivity (Wildman–Crippen MR) is 44.0 cm³/mol. The van der Waals surface area contributed by atoms with Gasteiger partial charge in [0.15, 0.2) is 5.12 Å². The van der Waals surface area contributed by atoms with Gasteiger partial charge in [0, 0.05) is 23.2 Å². The molecule has 0 aromatic carbocycles. The third kappa shape index (κ3) is 2.63. The summed E-state index contributed by atoms with van der Waals surface area (Å²) in [5, 5.41) is 1.54. The summed E-state index contributed by atoms with van der Waals surface area (Å²) < 4.78 is 0. The molecule has 2 atom stereocenters. The average Bonchev–Trinajstić information content (AvgIpc) is 2.40. The van der Waals surface area contributed by atoms with Gasteiger partial charge in [0.05, 0.1) is 0 Å². The third-order valence-corrected chi connectivity index (χ3v) is 3.57. The summed E-state index contributed by atoms with van der Waals surface area (Å²) in [6.45, 7) is 3.75. The Morgan fingerprint density at radius 1 is 1.89 bits per heavy atom. The molecule has 1 fully saturated rings. The maximum Gasteiger partial charge on any atom is 0.186 e. The van der Waals surface area contributed by atoms with Gasteiger partial charge in [-0.2, -0.15) is 11.8 Å². The molecule has 1 saturated heterocycles. The molecule has 0 saturated carbocycles. The lowest BCUT2D eigenvalue weighted by molar-refractivity contribution is -0.109. The zero-order valence-electron chi connectivity index (χ0n) is 5.59. The highest BCUT2D eigenvalue weighted by molar-refractivity contribution is 8.16. The molecule has 1 aliphatic heterocycles. The molecule has 0 bridgehead atoms. The molecule has 0 aromatic rings. The van der Waals surface area contributed by atoms with Crippen LogP contribution in [-0.4, -0.2) is 21.4 Å². The van der Waals surface area contributed by atoms with Crippen LogP contribution in [0.2, 0.25) is 0 Å². The molecule has 1 aliphatic rings. The minimum atomic E-state index is 0.245. The van der Waals surface area contributed by atoms with Crippen molar-refractivity contribution in [2.75, 3.05) is 5.75 Å². The minimum Gasteiger partial charge on any atom is -0.288 e. The molecule has 9 heavy (non-hydrogen) atoms. The molecule has 1 nitrogen and oxygen atoms in total. The number of carbonyl (C=O) groups excluding carboxylic acids is 1. The van der Waals surface area contributed by atoms with Crippen LogP contribution in [0.1, 0.15) is 13.8 Å². The Morgan fingerprint density at radius 2 is 2.44 bits per heavy atom. The van der Waals surface area contributed by atoms with E-state index in [1.165, 1.54) is 17.5 Å².